The van der Waals surface area contributed by atoms with Gasteiger partial charge in [-0.25, -0.2) is 4.39 Å². The molecule has 0 aliphatic rings. The van der Waals surface area contributed by atoms with Crippen LogP contribution >= 0.6 is 11.6 Å². The van der Waals surface area contributed by atoms with Gasteiger partial charge in [0.1, 0.15) is 17.6 Å². The summed E-state index contributed by atoms with van der Waals surface area (Å²) in [7, 11) is 0. The van der Waals surface area contributed by atoms with Gasteiger partial charge in [-0.3, -0.25) is 4.79 Å². The fourth-order valence-electron chi connectivity index (χ4n) is 1.72. The summed E-state index contributed by atoms with van der Waals surface area (Å²) in [5.74, 6) is -0.674. The Morgan fingerprint density at radius 3 is 2.77 bits per heavy atom. The minimum Gasteiger partial charge on any atom is -0.480 e. The van der Waals surface area contributed by atoms with Gasteiger partial charge in [-0.05, 0) is 37.3 Å². The molecule has 2 aromatic carbocycles. The van der Waals surface area contributed by atoms with Crippen molar-refractivity contribution in [2.24, 2.45) is 0 Å². The van der Waals surface area contributed by atoms with Crippen molar-refractivity contribution in [3.63, 3.8) is 0 Å². The molecule has 6 heteroatoms. The van der Waals surface area contributed by atoms with Crippen molar-refractivity contribution < 1.29 is 13.9 Å². The van der Waals surface area contributed by atoms with Crippen LogP contribution < -0.4 is 10.1 Å². The van der Waals surface area contributed by atoms with Crippen LogP contribution in [0.15, 0.2) is 42.5 Å². The molecular formula is C16H12ClFN2O2. The van der Waals surface area contributed by atoms with Crippen molar-refractivity contribution >= 4 is 23.2 Å². The third-order valence-electron chi connectivity index (χ3n) is 2.87. The maximum atomic E-state index is 13.1. The first-order valence-corrected chi connectivity index (χ1v) is 6.80. The zero-order valence-electron chi connectivity index (χ0n) is 11.6. The molecule has 2 aromatic rings. The Kier molecular flexibility index (Phi) is 4.97. The fraction of sp³-hybridized carbons (Fsp3) is 0.125. The van der Waals surface area contributed by atoms with E-state index in [0.717, 1.165) is 6.07 Å². The Balaban J connectivity index is 2.06. The molecule has 1 unspecified atom stereocenters. The molecule has 0 saturated heterocycles. The van der Waals surface area contributed by atoms with Gasteiger partial charge in [0.15, 0.2) is 6.10 Å². The highest BCUT2D eigenvalue weighted by Gasteiger charge is 2.17. The predicted octanol–water partition coefficient (Wildman–Crippen LogP) is 3.76. The lowest BCUT2D eigenvalue weighted by Crippen LogP contribution is -2.30. The molecule has 0 heterocycles. The molecule has 0 bridgehead atoms. The number of carbonyl (C=O) groups is 1. The normalized spacial score (nSPS) is 11.4. The van der Waals surface area contributed by atoms with Gasteiger partial charge >= 0.3 is 0 Å². The molecule has 2 rings (SSSR count). The second-order valence-corrected chi connectivity index (χ2v) is 4.89. The van der Waals surface area contributed by atoms with Gasteiger partial charge in [0.2, 0.25) is 0 Å². The third kappa shape index (κ3) is 3.74. The van der Waals surface area contributed by atoms with Gasteiger partial charge < -0.3 is 10.1 Å². The first-order chi connectivity index (χ1) is 10.5. The van der Waals surface area contributed by atoms with Crippen LogP contribution in [0.1, 0.15) is 12.5 Å². The minimum absolute atomic E-state index is 0.0822. The third-order valence-corrected chi connectivity index (χ3v) is 3.16. The van der Waals surface area contributed by atoms with Gasteiger partial charge in [-0.15, -0.1) is 0 Å². The fourth-order valence-corrected chi connectivity index (χ4v) is 1.90. The molecule has 22 heavy (non-hydrogen) atoms. The number of benzene rings is 2. The summed E-state index contributed by atoms with van der Waals surface area (Å²) in [5, 5.41) is 11.5. The number of halogens is 2. The molecule has 1 N–H and O–H groups in total. The zero-order chi connectivity index (χ0) is 16.1. The molecule has 4 nitrogen and oxygen atoms in total. The van der Waals surface area contributed by atoms with E-state index < -0.39 is 17.8 Å². The number of ether oxygens (including phenoxy) is 1. The quantitative estimate of drug-likeness (QED) is 0.933. The van der Waals surface area contributed by atoms with Gasteiger partial charge in [0.25, 0.3) is 5.91 Å². The Labute approximate surface area is 132 Å². The Morgan fingerprint density at radius 2 is 2.09 bits per heavy atom. The smallest absolute Gasteiger partial charge is 0.265 e. The average Bonchev–Trinajstić information content (AvgIpc) is 2.51. The number of hydrogen-bond acceptors (Lipinski definition) is 3. The topological polar surface area (TPSA) is 62.1 Å². The van der Waals surface area contributed by atoms with Gasteiger partial charge in [-0.1, -0.05) is 23.7 Å². The van der Waals surface area contributed by atoms with Crippen LogP contribution in [-0.2, 0) is 4.79 Å². The van der Waals surface area contributed by atoms with Crippen molar-refractivity contribution in [1.82, 2.24) is 0 Å². The lowest BCUT2D eigenvalue weighted by molar-refractivity contribution is -0.122. The highest BCUT2D eigenvalue weighted by Crippen LogP contribution is 2.21. The number of nitrogens with one attached hydrogen (secondary N) is 1. The number of para-hydroxylation sites is 1. The lowest BCUT2D eigenvalue weighted by atomic mass is 10.2. The molecule has 112 valence electrons. The Hall–Kier alpha value is -2.58. The average molecular weight is 319 g/mol. The largest absolute Gasteiger partial charge is 0.480 e. The maximum Gasteiger partial charge on any atom is 0.265 e. The van der Waals surface area contributed by atoms with Crippen LogP contribution in [0.3, 0.4) is 0 Å². The van der Waals surface area contributed by atoms with Crippen LogP contribution in [0.5, 0.6) is 5.75 Å². The number of hydrogen-bond donors (Lipinski definition) is 1. The number of nitrogens with zero attached hydrogens (tertiary/aromatic N) is 1. The summed E-state index contributed by atoms with van der Waals surface area (Å²) in [6.07, 6.45) is -0.835. The van der Waals surface area contributed by atoms with Crippen molar-refractivity contribution in [3.8, 4) is 11.8 Å². The van der Waals surface area contributed by atoms with Crippen molar-refractivity contribution in [1.29, 1.82) is 5.26 Å². The molecule has 0 aliphatic carbocycles. The molecule has 0 aliphatic heterocycles. The molecule has 0 radical (unpaired) electrons. The highest BCUT2D eigenvalue weighted by molar-refractivity contribution is 6.31. The summed E-state index contributed by atoms with van der Waals surface area (Å²) in [4.78, 5) is 12.1. The van der Waals surface area contributed by atoms with Gasteiger partial charge in [0.05, 0.1) is 10.6 Å². The standard InChI is InChI=1S/C16H12ClFN2O2/c1-10(22-15-5-3-2-4-11(15)9-19)16(21)20-12-6-7-14(18)13(17)8-12/h2-8,10H,1H3,(H,20,21). The molecule has 0 saturated carbocycles. The predicted molar refractivity (Wildman–Crippen MR) is 81.3 cm³/mol. The molecule has 0 aromatic heterocycles. The SMILES string of the molecule is CC(Oc1ccccc1C#N)C(=O)Nc1ccc(F)c(Cl)c1. The molecule has 1 atom stereocenters. The van der Waals surface area contributed by atoms with E-state index in [1.54, 1.807) is 31.2 Å². The maximum absolute atomic E-state index is 13.1. The number of rotatable bonds is 4. The summed E-state index contributed by atoms with van der Waals surface area (Å²) in [6, 6.07) is 12.5. The van der Waals surface area contributed by atoms with Crippen LogP contribution in [-0.4, -0.2) is 12.0 Å². The summed E-state index contributed by atoms with van der Waals surface area (Å²) >= 11 is 5.65. The van der Waals surface area contributed by atoms with Crippen molar-refractivity contribution in [2.45, 2.75) is 13.0 Å². The highest BCUT2D eigenvalue weighted by atomic mass is 35.5. The lowest BCUT2D eigenvalue weighted by Gasteiger charge is -2.15. The van der Waals surface area contributed by atoms with E-state index >= 15 is 0 Å². The molecule has 0 fully saturated rings. The molecular weight excluding hydrogens is 307 g/mol. The van der Waals surface area contributed by atoms with Gasteiger partial charge in [-0.2, -0.15) is 5.26 Å². The van der Waals surface area contributed by atoms with E-state index in [4.69, 9.17) is 21.6 Å². The van der Waals surface area contributed by atoms with Crippen LogP contribution in [0.2, 0.25) is 5.02 Å². The van der Waals surface area contributed by atoms with Gasteiger partial charge in [0, 0.05) is 5.69 Å². The Morgan fingerprint density at radius 1 is 1.36 bits per heavy atom. The number of anilines is 1. The van der Waals surface area contributed by atoms with Crippen LogP contribution in [0.25, 0.3) is 0 Å². The monoisotopic (exact) mass is 318 g/mol. The summed E-state index contributed by atoms with van der Waals surface area (Å²) in [6.45, 7) is 1.55. The van der Waals surface area contributed by atoms with E-state index in [-0.39, 0.29) is 5.02 Å². The van der Waals surface area contributed by atoms with E-state index in [2.05, 4.69) is 5.32 Å². The summed E-state index contributed by atoms with van der Waals surface area (Å²) < 4.78 is 18.5. The second kappa shape index (κ2) is 6.92. The second-order valence-electron chi connectivity index (χ2n) is 4.49. The zero-order valence-corrected chi connectivity index (χ0v) is 12.4. The molecule has 1 amide bonds. The number of amides is 1. The van der Waals surface area contributed by atoms with Crippen molar-refractivity contribution in [2.75, 3.05) is 5.32 Å². The van der Waals surface area contributed by atoms with Crippen molar-refractivity contribution in [3.05, 3.63) is 58.9 Å². The Bertz CT molecular complexity index is 743. The van der Waals surface area contributed by atoms with E-state index in [0.29, 0.717) is 17.0 Å². The van der Waals surface area contributed by atoms with Crippen LogP contribution in [0.4, 0.5) is 10.1 Å². The number of carbonyl (C=O) groups excluding carboxylic acids is 1. The van der Waals surface area contributed by atoms with Crippen LogP contribution in [0, 0.1) is 17.1 Å². The van der Waals surface area contributed by atoms with E-state index in [1.165, 1.54) is 12.1 Å². The van der Waals surface area contributed by atoms with E-state index in [9.17, 15) is 9.18 Å². The minimum atomic E-state index is -0.835. The first kappa shape index (κ1) is 15.8. The van der Waals surface area contributed by atoms with E-state index in [1.807, 2.05) is 6.07 Å². The molecule has 0 spiro atoms. The number of nitriles is 1. The first-order valence-electron chi connectivity index (χ1n) is 6.43. The summed E-state index contributed by atoms with van der Waals surface area (Å²) in [5.41, 5.74) is 0.701.